The third-order valence-corrected chi connectivity index (χ3v) is 4.95. The molecule has 2 aliphatic carbocycles. The zero-order chi connectivity index (χ0) is 16.7. The molecule has 1 saturated carbocycles. The molecule has 0 N–H and O–H groups in total. The number of hydrogen-bond donors (Lipinski definition) is 0. The molecule has 1 aromatic carbocycles. The van der Waals surface area contributed by atoms with Crippen LogP contribution in [0.4, 0.5) is 0 Å². The van der Waals surface area contributed by atoms with Gasteiger partial charge in [0, 0.05) is 0 Å². The molecule has 0 aliphatic heterocycles. The molecule has 1 fully saturated rings. The van der Waals surface area contributed by atoms with E-state index < -0.39 is 22.8 Å². The van der Waals surface area contributed by atoms with Crippen molar-refractivity contribution in [2.45, 2.75) is 19.3 Å². The summed E-state index contributed by atoms with van der Waals surface area (Å²) in [6.45, 7) is 0. The normalized spacial score (nSPS) is 28.0. The Morgan fingerprint density at radius 1 is 1.13 bits per heavy atom. The molecule has 0 aromatic heterocycles. The van der Waals surface area contributed by atoms with Crippen LogP contribution in [0.15, 0.2) is 29.8 Å². The highest BCUT2D eigenvalue weighted by atomic mass is 16.5. The number of fused-ring (bicyclic) bond motifs is 2. The Kier molecular flexibility index (Phi) is 3.48. The maximum Gasteiger partial charge on any atom is 0.326 e. The van der Waals surface area contributed by atoms with E-state index in [4.69, 9.17) is 9.47 Å². The van der Waals surface area contributed by atoms with Crippen molar-refractivity contribution in [3.63, 3.8) is 0 Å². The molecule has 0 bridgehead atoms. The molecular weight excluding hydrogens is 294 g/mol. The molecule has 0 heterocycles. The Morgan fingerprint density at radius 3 is 2.48 bits per heavy atom. The van der Waals surface area contributed by atoms with Crippen molar-refractivity contribution in [3.8, 4) is 6.07 Å². The third-order valence-electron chi connectivity index (χ3n) is 4.95. The van der Waals surface area contributed by atoms with E-state index in [0.717, 1.165) is 16.7 Å². The molecule has 0 amide bonds. The second kappa shape index (κ2) is 5.24. The topological polar surface area (TPSA) is 76.4 Å². The minimum atomic E-state index is -1.34. The summed E-state index contributed by atoms with van der Waals surface area (Å²) in [5.41, 5.74) is 0.500. The summed E-state index contributed by atoms with van der Waals surface area (Å²) >= 11 is 0. The number of methoxy groups -OCH3 is 2. The first-order valence-corrected chi connectivity index (χ1v) is 7.38. The lowest BCUT2D eigenvalue weighted by Crippen LogP contribution is -2.38. The number of hydrogen-bond acceptors (Lipinski definition) is 5. The number of carbonyl (C=O) groups excluding carboxylic acids is 2. The fraction of sp³-hybridized carbons (Fsp3) is 0.389. The van der Waals surface area contributed by atoms with Crippen LogP contribution in [0.2, 0.25) is 0 Å². The molecule has 2 aliphatic rings. The summed E-state index contributed by atoms with van der Waals surface area (Å²) in [7, 11) is 2.59. The van der Waals surface area contributed by atoms with Crippen LogP contribution in [0, 0.1) is 22.2 Å². The van der Waals surface area contributed by atoms with E-state index in [1.165, 1.54) is 14.2 Å². The van der Waals surface area contributed by atoms with Crippen LogP contribution in [0.25, 0.3) is 6.08 Å². The summed E-state index contributed by atoms with van der Waals surface area (Å²) in [6.07, 6.45) is 2.63. The summed E-state index contributed by atoms with van der Waals surface area (Å²) in [6, 6.07) is 9.85. The van der Waals surface area contributed by atoms with Gasteiger partial charge in [-0.25, -0.2) is 0 Å². The van der Waals surface area contributed by atoms with Crippen LogP contribution < -0.4 is 0 Å². The van der Waals surface area contributed by atoms with E-state index in [9.17, 15) is 14.9 Å². The third kappa shape index (κ3) is 2.06. The van der Waals surface area contributed by atoms with Crippen LogP contribution in [0.1, 0.15) is 24.0 Å². The quantitative estimate of drug-likeness (QED) is 0.783. The number of rotatable bonds is 2. The van der Waals surface area contributed by atoms with Gasteiger partial charge in [-0.3, -0.25) is 9.59 Å². The van der Waals surface area contributed by atoms with Gasteiger partial charge < -0.3 is 9.47 Å². The van der Waals surface area contributed by atoms with E-state index in [1.807, 2.05) is 30.3 Å². The van der Waals surface area contributed by atoms with Gasteiger partial charge in [-0.1, -0.05) is 30.3 Å². The molecule has 2 unspecified atom stereocenters. The average molecular weight is 311 g/mol. The van der Waals surface area contributed by atoms with Gasteiger partial charge in [0.05, 0.1) is 25.7 Å². The molecule has 23 heavy (non-hydrogen) atoms. The van der Waals surface area contributed by atoms with E-state index >= 15 is 0 Å². The highest BCUT2D eigenvalue weighted by Gasteiger charge is 2.61. The Balaban J connectivity index is 2.16. The smallest absolute Gasteiger partial charge is 0.326 e. The number of esters is 2. The first-order chi connectivity index (χ1) is 11.0. The lowest BCUT2D eigenvalue weighted by Gasteiger charge is -2.32. The molecule has 0 spiro atoms. The Morgan fingerprint density at radius 2 is 1.83 bits per heavy atom. The number of carbonyl (C=O) groups is 2. The second-order valence-corrected chi connectivity index (χ2v) is 6.16. The number of nitriles is 1. The van der Waals surface area contributed by atoms with Crippen molar-refractivity contribution in [2.75, 3.05) is 14.2 Å². The van der Waals surface area contributed by atoms with E-state index in [0.29, 0.717) is 6.42 Å². The van der Waals surface area contributed by atoms with Gasteiger partial charge in [0.15, 0.2) is 5.41 Å². The SMILES string of the molecule is COC(=O)C1(C#N)CC2=Cc3ccccc3CC2(C(=O)OC)C1. The molecule has 2 atom stereocenters. The Bertz CT molecular complexity index is 761. The van der Waals surface area contributed by atoms with E-state index in [1.54, 1.807) is 0 Å². The maximum absolute atomic E-state index is 12.6. The van der Waals surface area contributed by atoms with Gasteiger partial charge in [-0.2, -0.15) is 5.26 Å². The fourth-order valence-corrected chi connectivity index (χ4v) is 3.83. The molecule has 3 rings (SSSR count). The molecule has 1 aromatic rings. The highest BCUT2D eigenvalue weighted by molar-refractivity contribution is 5.91. The highest BCUT2D eigenvalue weighted by Crippen LogP contribution is 2.58. The minimum Gasteiger partial charge on any atom is -0.468 e. The zero-order valence-electron chi connectivity index (χ0n) is 13.1. The minimum absolute atomic E-state index is 0.0933. The average Bonchev–Trinajstić information content (AvgIpc) is 2.93. The summed E-state index contributed by atoms with van der Waals surface area (Å²) in [5.74, 6) is -0.998. The van der Waals surface area contributed by atoms with Crippen molar-refractivity contribution in [2.24, 2.45) is 10.8 Å². The van der Waals surface area contributed by atoms with Gasteiger partial charge >= 0.3 is 11.9 Å². The lowest BCUT2D eigenvalue weighted by molar-refractivity contribution is -0.153. The van der Waals surface area contributed by atoms with Gasteiger partial charge in [-0.15, -0.1) is 0 Å². The van der Waals surface area contributed by atoms with Crippen molar-refractivity contribution >= 4 is 18.0 Å². The standard InChI is InChI=1S/C18H17NO4/c1-22-15(20)17(11-19)9-14-7-12-5-3-4-6-13(12)8-18(14,10-17)16(21)23-2/h3-7H,8-10H2,1-2H3. The van der Waals surface area contributed by atoms with Gasteiger partial charge in [0.2, 0.25) is 0 Å². The van der Waals surface area contributed by atoms with Gasteiger partial charge in [0.1, 0.15) is 0 Å². The first kappa shape index (κ1) is 15.3. The van der Waals surface area contributed by atoms with Gasteiger partial charge in [0.25, 0.3) is 0 Å². The molecule has 118 valence electrons. The predicted molar refractivity (Wildman–Crippen MR) is 81.9 cm³/mol. The summed E-state index contributed by atoms with van der Waals surface area (Å²) < 4.78 is 9.85. The Hall–Kier alpha value is -2.61. The zero-order valence-corrected chi connectivity index (χ0v) is 13.1. The van der Waals surface area contributed by atoms with E-state index in [2.05, 4.69) is 6.07 Å². The first-order valence-electron chi connectivity index (χ1n) is 7.38. The van der Waals surface area contributed by atoms with Crippen molar-refractivity contribution in [3.05, 3.63) is 41.0 Å². The summed E-state index contributed by atoms with van der Waals surface area (Å²) in [5, 5.41) is 9.62. The number of nitrogens with zero attached hydrogens (tertiary/aromatic N) is 1. The number of ether oxygens (including phenoxy) is 2. The molecule has 0 radical (unpaired) electrons. The molecular formula is C18H17NO4. The molecule has 5 heteroatoms. The van der Waals surface area contributed by atoms with Gasteiger partial charge in [-0.05, 0) is 36.0 Å². The monoisotopic (exact) mass is 311 g/mol. The predicted octanol–water partition coefficient (Wildman–Crippen LogP) is 2.26. The van der Waals surface area contributed by atoms with Crippen LogP contribution in [0.5, 0.6) is 0 Å². The fourth-order valence-electron chi connectivity index (χ4n) is 3.83. The van der Waals surface area contributed by atoms with E-state index in [-0.39, 0.29) is 12.8 Å². The van der Waals surface area contributed by atoms with Crippen molar-refractivity contribution < 1.29 is 19.1 Å². The second-order valence-electron chi connectivity index (χ2n) is 6.16. The largest absolute Gasteiger partial charge is 0.468 e. The molecule has 5 nitrogen and oxygen atoms in total. The number of benzene rings is 1. The van der Waals surface area contributed by atoms with Crippen LogP contribution >= 0.6 is 0 Å². The van der Waals surface area contributed by atoms with Crippen molar-refractivity contribution in [1.29, 1.82) is 5.26 Å². The maximum atomic E-state index is 12.6. The lowest BCUT2D eigenvalue weighted by atomic mass is 9.71. The van der Waals surface area contributed by atoms with Crippen molar-refractivity contribution in [1.82, 2.24) is 0 Å². The van der Waals surface area contributed by atoms with Crippen LogP contribution in [-0.2, 0) is 25.5 Å². The van der Waals surface area contributed by atoms with Crippen LogP contribution in [-0.4, -0.2) is 26.2 Å². The van der Waals surface area contributed by atoms with Crippen LogP contribution in [0.3, 0.4) is 0 Å². The molecule has 0 saturated heterocycles. The summed E-state index contributed by atoms with van der Waals surface area (Å²) in [4.78, 5) is 24.8. The Labute approximate surface area is 134 Å².